The molecule has 19 heavy (non-hydrogen) atoms. The molecule has 0 saturated heterocycles. The molecule has 0 bridgehead atoms. The van der Waals surface area contributed by atoms with Crippen molar-refractivity contribution in [2.45, 2.75) is 39.3 Å². The van der Waals surface area contributed by atoms with Gasteiger partial charge >= 0.3 is 0 Å². The summed E-state index contributed by atoms with van der Waals surface area (Å²) in [6.07, 6.45) is 6.22. The Kier molecular flexibility index (Phi) is 4.24. The number of aryl methyl sites for hydroxylation is 1. The van der Waals surface area contributed by atoms with E-state index in [0.717, 1.165) is 11.3 Å². The van der Waals surface area contributed by atoms with Gasteiger partial charge in [0, 0.05) is 31.1 Å². The fraction of sp³-hybridized carbons (Fsp3) is 0.462. The summed E-state index contributed by atoms with van der Waals surface area (Å²) in [7, 11) is 0. The summed E-state index contributed by atoms with van der Waals surface area (Å²) in [4.78, 5) is 8.60. The van der Waals surface area contributed by atoms with Crippen molar-refractivity contribution in [3.05, 3.63) is 41.7 Å². The van der Waals surface area contributed by atoms with Crippen molar-refractivity contribution >= 4 is 0 Å². The molecule has 2 aromatic rings. The highest BCUT2D eigenvalue weighted by molar-refractivity contribution is 5.09. The van der Waals surface area contributed by atoms with E-state index in [0.29, 0.717) is 18.3 Å². The van der Waals surface area contributed by atoms with Gasteiger partial charge in [-0.05, 0) is 32.4 Å². The molecule has 0 aromatic carbocycles. The van der Waals surface area contributed by atoms with Crippen LogP contribution >= 0.6 is 0 Å². The maximum absolute atomic E-state index is 5.59. The van der Waals surface area contributed by atoms with Gasteiger partial charge in [0.05, 0.1) is 11.7 Å². The Labute approximate surface area is 113 Å². The first-order valence-corrected chi connectivity index (χ1v) is 6.39. The molecule has 0 radical (unpaired) electrons. The molecule has 2 rings (SSSR count). The molecular formula is C13H20N6. The highest BCUT2D eigenvalue weighted by Crippen LogP contribution is 2.14. The Hall–Kier alpha value is -1.79. The van der Waals surface area contributed by atoms with Crippen LogP contribution in [-0.2, 0) is 6.42 Å². The Morgan fingerprint density at radius 1 is 1.32 bits per heavy atom. The van der Waals surface area contributed by atoms with E-state index in [1.807, 2.05) is 23.9 Å². The fourth-order valence-electron chi connectivity index (χ4n) is 1.79. The molecule has 2 heterocycles. The van der Waals surface area contributed by atoms with Crippen molar-refractivity contribution in [2.75, 3.05) is 0 Å². The van der Waals surface area contributed by atoms with E-state index in [1.165, 1.54) is 0 Å². The average Bonchev–Trinajstić information content (AvgIpc) is 2.86. The monoisotopic (exact) mass is 260 g/mol. The minimum Gasteiger partial charge on any atom is -0.271 e. The normalized spacial score (nSPS) is 12.9. The minimum atomic E-state index is -0.129. The molecule has 1 atom stereocenters. The predicted molar refractivity (Wildman–Crippen MR) is 73.1 cm³/mol. The van der Waals surface area contributed by atoms with Crippen molar-refractivity contribution in [3.63, 3.8) is 0 Å². The Balaban J connectivity index is 2.12. The van der Waals surface area contributed by atoms with E-state index < -0.39 is 0 Å². The van der Waals surface area contributed by atoms with Crippen molar-refractivity contribution in [1.82, 2.24) is 25.2 Å². The topological polar surface area (TPSA) is 81.7 Å². The van der Waals surface area contributed by atoms with Crippen molar-refractivity contribution in [2.24, 2.45) is 5.84 Å². The van der Waals surface area contributed by atoms with Gasteiger partial charge in [-0.2, -0.15) is 5.10 Å². The lowest BCUT2D eigenvalue weighted by atomic mass is 10.1. The second kappa shape index (κ2) is 5.90. The SMILES string of the molecule is Cc1cnc(C(Cc2ccn(C(C)C)n2)NN)nc1. The third-order valence-corrected chi connectivity index (χ3v) is 2.92. The molecule has 0 aliphatic rings. The lowest BCUT2D eigenvalue weighted by Crippen LogP contribution is -2.31. The zero-order chi connectivity index (χ0) is 13.8. The van der Waals surface area contributed by atoms with E-state index in [9.17, 15) is 0 Å². The minimum absolute atomic E-state index is 0.129. The number of rotatable bonds is 5. The van der Waals surface area contributed by atoms with E-state index >= 15 is 0 Å². The molecule has 102 valence electrons. The van der Waals surface area contributed by atoms with Gasteiger partial charge in [-0.15, -0.1) is 0 Å². The summed E-state index contributed by atoms with van der Waals surface area (Å²) >= 11 is 0. The first-order valence-electron chi connectivity index (χ1n) is 6.39. The van der Waals surface area contributed by atoms with Crippen LogP contribution in [0.2, 0.25) is 0 Å². The second-order valence-electron chi connectivity index (χ2n) is 4.92. The molecule has 0 amide bonds. The summed E-state index contributed by atoms with van der Waals surface area (Å²) in [5.41, 5.74) is 4.75. The standard InChI is InChI=1S/C13H20N6/c1-9(2)19-5-4-11(18-19)6-12(17-14)13-15-7-10(3)8-16-13/h4-5,7-9,12,17H,6,14H2,1-3H3. The molecule has 0 fully saturated rings. The number of nitrogens with one attached hydrogen (secondary N) is 1. The largest absolute Gasteiger partial charge is 0.271 e. The lowest BCUT2D eigenvalue weighted by Gasteiger charge is -2.13. The van der Waals surface area contributed by atoms with Crippen LogP contribution < -0.4 is 11.3 Å². The number of hydrazine groups is 1. The van der Waals surface area contributed by atoms with E-state index in [-0.39, 0.29) is 6.04 Å². The van der Waals surface area contributed by atoms with Crippen LogP contribution in [0, 0.1) is 6.92 Å². The number of nitrogens with two attached hydrogens (primary N) is 1. The van der Waals surface area contributed by atoms with Crippen molar-refractivity contribution < 1.29 is 0 Å². The van der Waals surface area contributed by atoms with Gasteiger partial charge in [0.2, 0.25) is 0 Å². The Morgan fingerprint density at radius 2 is 2.00 bits per heavy atom. The van der Waals surface area contributed by atoms with Crippen LogP contribution in [0.5, 0.6) is 0 Å². The molecule has 3 N–H and O–H groups in total. The van der Waals surface area contributed by atoms with E-state index in [4.69, 9.17) is 5.84 Å². The van der Waals surface area contributed by atoms with Crippen molar-refractivity contribution in [3.8, 4) is 0 Å². The quantitative estimate of drug-likeness (QED) is 0.625. The highest BCUT2D eigenvalue weighted by Gasteiger charge is 2.15. The van der Waals surface area contributed by atoms with Crippen LogP contribution in [0.1, 0.15) is 43.0 Å². The van der Waals surface area contributed by atoms with E-state index in [1.54, 1.807) is 12.4 Å². The molecule has 6 heteroatoms. The van der Waals surface area contributed by atoms with Gasteiger partial charge in [0.1, 0.15) is 5.82 Å². The van der Waals surface area contributed by atoms with Gasteiger partial charge in [0.15, 0.2) is 0 Å². The summed E-state index contributed by atoms with van der Waals surface area (Å²) in [6, 6.07) is 2.23. The van der Waals surface area contributed by atoms with Gasteiger partial charge in [-0.3, -0.25) is 10.5 Å². The molecule has 0 saturated carbocycles. The summed E-state index contributed by atoms with van der Waals surface area (Å²) < 4.78 is 1.93. The molecule has 1 unspecified atom stereocenters. The molecule has 2 aromatic heterocycles. The summed E-state index contributed by atoms with van der Waals surface area (Å²) in [5, 5.41) is 4.51. The maximum atomic E-state index is 5.59. The van der Waals surface area contributed by atoms with Crippen LogP contribution in [0.15, 0.2) is 24.7 Å². The zero-order valence-corrected chi connectivity index (χ0v) is 11.5. The highest BCUT2D eigenvalue weighted by atomic mass is 15.3. The maximum Gasteiger partial charge on any atom is 0.146 e. The number of hydrogen-bond donors (Lipinski definition) is 2. The Morgan fingerprint density at radius 3 is 2.53 bits per heavy atom. The van der Waals surface area contributed by atoms with Gasteiger partial charge in [-0.25, -0.2) is 15.4 Å². The van der Waals surface area contributed by atoms with Gasteiger partial charge in [-0.1, -0.05) is 0 Å². The summed E-state index contributed by atoms with van der Waals surface area (Å²) in [5.74, 6) is 6.28. The average molecular weight is 260 g/mol. The van der Waals surface area contributed by atoms with Crippen LogP contribution in [-0.4, -0.2) is 19.7 Å². The first-order chi connectivity index (χ1) is 9.10. The molecular weight excluding hydrogens is 240 g/mol. The van der Waals surface area contributed by atoms with Gasteiger partial charge < -0.3 is 0 Å². The third kappa shape index (κ3) is 3.36. The Bertz CT molecular complexity index is 516. The molecule has 0 spiro atoms. The number of nitrogens with zero attached hydrogens (tertiary/aromatic N) is 4. The molecule has 6 nitrogen and oxygen atoms in total. The van der Waals surface area contributed by atoms with E-state index in [2.05, 4.69) is 34.3 Å². The number of hydrogen-bond acceptors (Lipinski definition) is 5. The third-order valence-electron chi connectivity index (χ3n) is 2.92. The van der Waals surface area contributed by atoms with Crippen LogP contribution in [0.4, 0.5) is 0 Å². The van der Waals surface area contributed by atoms with Crippen LogP contribution in [0.25, 0.3) is 0 Å². The smallest absolute Gasteiger partial charge is 0.146 e. The second-order valence-corrected chi connectivity index (χ2v) is 4.92. The first kappa shape index (κ1) is 13.6. The fourth-order valence-corrected chi connectivity index (χ4v) is 1.79. The van der Waals surface area contributed by atoms with Crippen molar-refractivity contribution in [1.29, 1.82) is 0 Å². The molecule has 0 aliphatic heterocycles. The predicted octanol–water partition coefficient (Wildman–Crippen LogP) is 1.31. The van der Waals surface area contributed by atoms with Gasteiger partial charge in [0.25, 0.3) is 0 Å². The lowest BCUT2D eigenvalue weighted by molar-refractivity contribution is 0.494. The van der Waals surface area contributed by atoms with Crippen LogP contribution in [0.3, 0.4) is 0 Å². The summed E-state index contributed by atoms with van der Waals surface area (Å²) in [6.45, 7) is 6.15. The number of aromatic nitrogens is 4. The molecule has 0 aliphatic carbocycles. The zero-order valence-electron chi connectivity index (χ0n) is 11.5.